The molecule has 0 aromatic carbocycles. The molecule has 0 bridgehead atoms. The molecule has 3 heterocycles. The molecule has 21 heavy (non-hydrogen) atoms. The zero-order valence-electron chi connectivity index (χ0n) is 11.7. The van der Waals surface area contributed by atoms with Crippen molar-refractivity contribution in [1.29, 1.82) is 0 Å². The van der Waals surface area contributed by atoms with E-state index in [-0.39, 0.29) is 5.78 Å². The summed E-state index contributed by atoms with van der Waals surface area (Å²) in [5.41, 5.74) is 4.36. The number of carbonyl (C=O) groups excluding carboxylic acids is 1. The number of piperidine rings is 1. The molecule has 3 rings (SSSR count). The van der Waals surface area contributed by atoms with Crippen molar-refractivity contribution in [3.63, 3.8) is 0 Å². The summed E-state index contributed by atoms with van der Waals surface area (Å²) in [5.74, 6) is 1.26. The first-order chi connectivity index (χ1) is 10.2. The molecule has 2 aliphatic rings. The van der Waals surface area contributed by atoms with E-state index in [1.54, 1.807) is 42.9 Å². The summed E-state index contributed by atoms with van der Waals surface area (Å²) in [4.78, 5) is 14.6. The van der Waals surface area contributed by atoms with Crippen LogP contribution in [0.15, 0.2) is 69.9 Å². The molecule has 0 aliphatic carbocycles. The minimum Gasteiger partial charge on any atom is -0.465 e. The molecule has 0 unspecified atom stereocenters. The van der Waals surface area contributed by atoms with Crippen molar-refractivity contribution in [2.45, 2.75) is 0 Å². The van der Waals surface area contributed by atoms with E-state index < -0.39 is 0 Å². The Balaban J connectivity index is 1.90. The van der Waals surface area contributed by atoms with Crippen LogP contribution in [0, 0.1) is 0 Å². The molecule has 1 aromatic rings. The van der Waals surface area contributed by atoms with Gasteiger partial charge in [-0.25, -0.2) is 0 Å². The molecule has 2 aliphatic heterocycles. The van der Waals surface area contributed by atoms with Crippen LogP contribution in [0.4, 0.5) is 0 Å². The lowest BCUT2D eigenvalue weighted by Crippen LogP contribution is -2.34. The Kier molecular flexibility index (Phi) is 3.73. The molecule has 4 heteroatoms. The van der Waals surface area contributed by atoms with Crippen LogP contribution in [0.1, 0.15) is 5.76 Å². The number of carbonyl (C=O) groups is 1. The SMILES string of the molecule is CN1C/C(=C/C2=C=CC=CO2)C(=O)/C(=C/c2ccco2)C1. The third kappa shape index (κ3) is 3.14. The van der Waals surface area contributed by atoms with Crippen molar-refractivity contribution in [1.82, 2.24) is 4.90 Å². The number of ketones is 1. The Morgan fingerprint density at radius 2 is 2.10 bits per heavy atom. The van der Waals surface area contributed by atoms with Gasteiger partial charge in [-0.15, -0.1) is 0 Å². The van der Waals surface area contributed by atoms with Crippen molar-refractivity contribution in [2.24, 2.45) is 0 Å². The molecule has 0 spiro atoms. The number of nitrogens with zero attached hydrogens (tertiary/aromatic N) is 1. The standard InChI is InChI=1S/C17H15NO3/c1-18-11-13(9-15-5-2-3-7-20-15)17(19)14(12-18)10-16-6-4-8-21-16/h2-4,6-10H,11-12H2,1H3/b13-9-,14-10+. The van der Waals surface area contributed by atoms with Crippen LogP contribution >= 0.6 is 0 Å². The van der Waals surface area contributed by atoms with Gasteiger partial charge in [0.05, 0.1) is 12.5 Å². The second-order valence-electron chi connectivity index (χ2n) is 4.98. The van der Waals surface area contributed by atoms with Gasteiger partial charge in [0.25, 0.3) is 0 Å². The fraction of sp³-hybridized carbons (Fsp3) is 0.176. The van der Waals surface area contributed by atoms with E-state index >= 15 is 0 Å². The van der Waals surface area contributed by atoms with E-state index in [0.29, 0.717) is 35.8 Å². The molecule has 0 amide bonds. The summed E-state index contributed by atoms with van der Waals surface area (Å²) in [6.45, 7) is 1.19. The topological polar surface area (TPSA) is 42.7 Å². The van der Waals surface area contributed by atoms with Crippen LogP contribution in [-0.2, 0) is 9.53 Å². The molecule has 0 N–H and O–H groups in total. The highest BCUT2D eigenvalue weighted by Crippen LogP contribution is 2.20. The molecule has 106 valence electrons. The lowest BCUT2D eigenvalue weighted by atomic mass is 9.96. The number of Topliss-reactive ketones (excluding diaryl/α,β-unsaturated/α-hetero) is 1. The summed E-state index contributed by atoms with van der Waals surface area (Å²) in [5, 5.41) is 0. The number of hydrogen-bond donors (Lipinski definition) is 0. The minimum atomic E-state index is 0.0250. The van der Waals surface area contributed by atoms with E-state index in [9.17, 15) is 4.79 Å². The first-order valence-electron chi connectivity index (χ1n) is 6.69. The maximum Gasteiger partial charge on any atom is 0.187 e. The quantitative estimate of drug-likeness (QED) is 0.617. The zero-order valence-corrected chi connectivity index (χ0v) is 11.7. The van der Waals surface area contributed by atoms with Gasteiger partial charge in [-0.1, -0.05) is 5.73 Å². The molecular formula is C17H15NO3. The highest BCUT2D eigenvalue weighted by Gasteiger charge is 2.24. The largest absolute Gasteiger partial charge is 0.465 e. The Hall–Kier alpha value is -2.55. The molecule has 1 aromatic heterocycles. The van der Waals surface area contributed by atoms with E-state index in [1.165, 1.54) is 0 Å². The predicted molar refractivity (Wildman–Crippen MR) is 79.1 cm³/mol. The van der Waals surface area contributed by atoms with Gasteiger partial charge in [-0.3, -0.25) is 9.69 Å². The molecule has 4 nitrogen and oxygen atoms in total. The van der Waals surface area contributed by atoms with Gasteiger partial charge in [-0.2, -0.15) is 0 Å². The first kappa shape index (κ1) is 13.4. The number of furan rings is 1. The van der Waals surface area contributed by atoms with Crippen LogP contribution in [-0.4, -0.2) is 30.8 Å². The van der Waals surface area contributed by atoms with Crippen LogP contribution in [0.25, 0.3) is 6.08 Å². The molecular weight excluding hydrogens is 266 g/mol. The summed E-state index contributed by atoms with van der Waals surface area (Å²) < 4.78 is 10.6. The van der Waals surface area contributed by atoms with Crippen molar-refractivity contribution >= 4 is 11.9 Å². The molecule has 0 atom stereocenters. The Morgan fingerprint density at radius 1 is 1.29 bits per heavy atom. The van der Waals surface area contributed by atoms with E-state index in [1.807, 2.05) is 13.1 Å². The number of likely N-dealkylation sites (tertiary alicyclic amines) is 1. The average Bonchev–Trinajstić information content (AvgIpc) is 2.98. The van der Waals surface area contributed by atoms with E-state index in [2.05, 4.69) is 10.6 Å². The summed E-state index contributed by atoms with van der Waals surface area (Å²) in [7, 11) is 1.97. The molecule has 1 fully saturated rings. The van der Waals surface area contributed by atoms with Gasteiger partial charge >= 0.3 is 0 Å². The molecule has 0 saturated carbocycles. The van der Waals surface area contributed by atoms with Crippen molar-refractivity contribution in [3.8, 4) is 0 Å². The molecule has 1 saturated heterocycles. The summed E-state index contributed by atoms with van der Waals surface area (Å²) in [6.07, 6.45) is 10.2. The second kappa shape index (κ2) is 5.83. The molecule has 0 radical (unpaired) electrons. The van der Waals surface area contributed by atoms with Crippen LogP contribution in [0.3, 0.4) is 0 Å². The summed E-state index contributed by atoms with van der Waals surface area (Å²) in [6, 6.07) is 3.64. The number of ether oxygens (including phenoxy) is 1. The maximum absolute atomic E-state index is 12.5. The second-order valence-corrected chi connectivity index (χ2v) is 4.98. The van der Waals surface area contributed by atoms with Crippen molar-refractivity contribution < 1.29 is 13.9 Å². The minimum absolute atomic E-state index is 0.0250. The average molecular weight is 281 g/mol. The number of rotatable bonds is 2. The number of allylic oxidation sites excluding steroid dienone is 2. The van der Waals surface area contributed by atoms with Crippen LogP contribution in [0.5, 0.6) is 0 Å². The van der Waals surface area contributed by atoms with Gasteiger partial charge in [0.1, 0.15) is 5.76 Å². The highest BCUT2D eigenvalue weighted by molar-refractivity contribution is 6.12. The van der Waals surface area contributed by atoms with Gasteiger partial charge in [-0.05, 0) is 43.5 Å². The smallest absolute Gasteiger partial charge is 0.187 e. The van der Waals surface area contributed by atoms with Gasteiger partial charge in [0.15, 0.2) is 11.5 Å². The third-order valence-electron chi connectivity index (χ3n) is 3.22. The number of hydrogen-bond acceptors (Lipinski definition) is 4. The predicted octanol–water partition coefficient (Wildman–Crippen LogP) is 2.69. The van der Waals surface area contributed by atoms with Crippen molar-refractivity contribution in [2.75, 3.05) is 20.1 Å². The van der Waals surface area contributed by atoms with Gasteiger partial charge in [0, 0.05) is 24.2 Å². The maximum atomic E-state index is 12.5. The lowest BCUT2D eigenvalue weighted by molar-refractivity contribution is -0.113. The lowest BCUT2D eigenvalue weighted by Gasteiger charge is -2.25. The fourth-order valence-corrected chi connectivity index (χ4v) is 2.30. The monoisotopic (exact) mass is 281 g/mol. The first-order valence-corrected chi connectivity index (χ1v) is 6.69. The zero-order chi connectivity index (χ0) is 14.7. The normalized spacial score (nSPS) is 22.7. The Bertz CT molecular complexity index is 698. The van der Waals surface area contributed by atoms with E-state index in [4.69, 9.17) is 9.15 Å². The highest BCUT2D eigenvalue weighted by atomic mass is 16.5. The Morgan fingerprint density at radius 3 is 2.76 bits per heavy atom. The summed E-state index contributed by atoms with van der Waals surface area (Å²) >= 11 is 0. The van der Waals surface area contributed by atoms with Crippen LogP contribution < -0.4 is 0 Å². The van der Waals surface area contributed by atoms with Gasteiger partial charge < -0.3 is 9.15 Å². The Labute approximate surface area is 123 Å². The number of likely N-dealkylation sites (N-methyl/N-ethyl adjacent to an activating group) is 1. The third-order valence-corrected chi connectivity index (χ3v) is 3.22. The van der Waals surface area contributed by atoms with Crippen LogP contribution in [0.2, 0.25) is 0 Å². The fourth-order valence-electron chi connectivity index (χ4n) is 2.30. The van der Waals surface area contributed by atoms with Crippen molar-refractivity contribution in [3.05, 3.63) is 71.3 Å². The van der Waals surface area contributed by atoms with E-state index in [0.717, 1.165) is 0 Å². The van der Waals surface area contributed by atoms with Gasteiger partial charge in [0.2, 0.25) is 0 Å².